The van der Waals surface area contributed by atoms with Gasteiger partial charge in [-0.25, -0.2) is 9.78 Å². The highest BCUT2D eigenvalue weighted by atomic mass is 16.6. The van der Waals surface area contributed by atoms with Crippen molar-refractivity contribution in [1.29, 1.82) is 0 Å². The monoisotopic (exact) mass is 409 g/mol. The molecule has 2 fully saturated rings. The van der Waals surface area contributed by atoms with Crippen LogP contribution < -0.4 is 9.47 Å². The molecule has 0 N–H and O–H groups in total. The predicted molar refractivity (Wildman–Crippen MR) is 116 cm³/mol. The first-order valence-corrected chi connectivity index (χ1v) is 10.9. The lowest BCUT2D eigenvalue weighted by Gasteiger charge is -2.37. The Bertz CT molecular complexity index is 843. The van der Waals surface area contributed by atoms with Crippen LogP contribution in [0.3, 0.4) is 0 Å². The Kier molecular flexibility index (Phi) is 6.53. The molecule has 0 bridgehead atoms. The third-order valence-electron chi connectivity index (χ3n) is 5.92. The second-order valence-electron chi connectivity index (χ2n) is 8.57. The van der Waals surface area contributed by atoms with Crippen molar-refractivity contribution in [3.63, 3.8) is 0 Å². The van der Waals surface area contributed by atoms with Crippen molar-refractivity contribution < 1.29 is 14.3 Å². The first-order chi connectivity index (χ1) is 14.5. The number of nitrogens with zero attached hydrogens (tertiary/aromatic N) is 3. The molecule has 1 aromatic heterocycles. The maximum atomic E-state index is 12.3. The fourth-order valence-corrected chi connectivity index (χ4v) is 4.19. The van der Waals surface area contributed by atoms with Crippen LogP contribution in [0.4, 0.5) is 4.79 Å². The lowest BCUT2D eigenvalue weighted by molar-refractivity contribution is 0.0482. The standard InChI is InChI=1S/C24H31N3O3/c1-18-6-5-7-23(25-18)30-24(28)26(2)16-20-14-22(15-20)29-21-10-8-19(9-11-21)17-27-12-3-4-13-27/h5-11,20,22H,3-4,12-17H2,1-2H3. The number of pyridine rings is 1. The van der Waals surface area contributed by atoms with E-state index in [9.17, 15) is 4.79 Å². The second kappa shape index (κ2) is 9.47. The smallest absolute Gasteiger partial charge is 0.416 e. The first-order valence-electron chi connectivity index (χ1n) is 10.9. The maximum Gasteiger partial charge on any atom is 0.416 e. The molecule has 2 aromatic rings. The van der Waals surface area contributed by atoms with E-state index in [2.05, 4.69) is 34.1 Å². The van der Waals surface area contributed by atoms with Gasteiger partial charge in [-0.1, -0.05) is 18.2 Å². The van der Waals surface area contributed by atoms with Crippen LogP contribution >= 0.6 is 0 Å². The number of carbonyl (C=O) groups excluding carboxylic acids is 1. The van der Waals surface area contributed by atoms with Crippen molar-refractivity contribution in [3.05, 3.63) is 53.7 Å². The number of likely N-dealkylation sites (tertiary alicyclic amines) is 1. The number of hydrogen-bond donors (Lipinski definition) is 0. The summed E-state index contributed by atoms with van der Waals surface area (Å²) in [6.45, 7) is 6.00. The molecule has 30 heavy (non-hydrogen) atoms. The van der Waals surface area contributed by atoms with Crippen molar-refractivity contribution in [2.24, 2.45) is 5.92 Å². The third kappa shape index (κ3) is 5.51. The minimum absolute atomic E-state index is 0.224. The van der Waals surface area contributed by atoms with E-state index in [4.69, 9.17) is 9.47 Å². The molecule has 1 saturated heterocycles. The lowest BCUT2D eigenvalue weighted by atomic mass is 9.82. The fraction of sp³-hybridized carbons (Fsp3) is 0.500. The quantitative estimate of drug-likeness (QED) is 0.683. The summed E-state index contributed by atoms with van der Waals surface area (Å²) in [5.41, 5.74) is 2.17. The molecule has 4 rings (SSSR count). The number of rotatable bonds is 7. The summed E-state index contributed by atoms with van der Waals surface area (Å²) in [7, 11) is 1.77. The molecule has 2 aliphatic rings. The minimum Gasteiger partial charge on any atom is -0.490 e. The van der Waals surface area contributed by atoms with Gasteiger partial charge in [0.05, 0.1) is 6.10 Å². The highest BCUT2D eigenvalue weighted by molar-refractivity contribution is 5.69. The predicted octanol–water partition coefficient (Wildman–Crippen LogP) is 4.27. The van der Waals surface area contributed by atoms with Crippen molar-refractivity contribution >= 4 is 6.09 Å². The van der Waals surface area contributed by atoms with Gasteiger partial charge in [-0.15, -0.1) is 0 Å². The summed E-state index contributed by atoms with van der Waals surface area (Å²) in [4.78, 5) is 20.6. The van der Waals surface area contributed by atoms with Gasteiger partial charge in [0.15, 0.2) is 0 Å². The first kappa shape index (κ1) is 20.7. The van der Waals surface area contributed by atoms with E-state index in [-0.39, 0.29) is 12.2 Å². The molecule has 1 saturated carbocycles. The zero-order valence-electron chi connectivity index (χ0n) is 17.9. The van der Waals surface area contributed by atoms with E-state index in [1.807, 2.05) is 19.1 Å². The zero-order valence-corrected chi connectivity index (χ0v) is 17.9. The molecule has 1 amide bonds. The molecule has 0 radical (unpaired) electrons. The molecule has 0 spiro atoms. The van der Waals surface area contributed by atoms with Gasteiger partial charge in [-0.2, -0.15) is 0 Å². The normalized spacial score (nSPS) is 21.1. The molecule has 6 nitrogen and oxygen atoms in total. The molecular weight excluding hydrogens is 378 g/mol. The van der Waals surface area contributed by atoms with E-state index in [1.165, 1.54) is 31.5 Å². The Hall–Kier alpha value is -2.60. The highest BCUT2D eigenvalue weighted by Crippen LogP contribution is 2.32. The van der Waals surface area contributed by atoms with Gasteiger partial charge in [0.1, 0.15) is 5.75 Å². The maximum absolute atomic E-state index is 12.3. The Labute approximate surface area is 178 Å². The van der Waals surface area contributed by atoms with Crippen LogP contribution in [0, 0.1) is 12.8 Å². The van der Waals surface area contributed by atoms with Crippen molar-refractivity contribution in [1.82, 2.24) is 14.8 Å². The Morgan fingerprint density at radius 2 is 1.87 bits per heavy atom. The average Bonchev–Trinajstić information content (AvgIpc) is 3.20. The molecule has 0 atom stereocenters. The van der Waals surface area contributed by atoms with Crippen molar-refractivity contribution in [2.75, 3.05) is 26.7 Å². The van der Waals surface area contributed by atoms with E-state index in [0.29, 0.717) is 18.3 Å². The van der Waals surface area contributed by atoms with Crippen LogP contribution in [-0.2, 0) is 6.54 Å². The molecule has 1 aliphatic carbocycles. The van der Waals surface area contributed by atoms with Crippen molar-refractivity contribution in [2.45, 2.75) is 45.3 Å². The summed E-state index contributed by atoms with van der Waals surface area (Å²) in [6.07, 6.45) is 4.40. The van der Waals surface area contributed by atoms with Crippen LogP contribution in [0.15, 0.2) is 42.5 Å². The SMILES string of the molecule is Cc1cccc(OC(=O)N(C)CC2CC(Oc3ccc(CN4CCCC4)cc3)C2)n1. The molecule has 0 unspecified atom stereocenters. The van der Waals surface area contributed by atoms with Crippen molar-refractivity contribution in [3.8, 4) is 11.6 Å². The number of hydrogen-bond acceptors (Lipinski definition) is 5. The summed E-state index contributed by atoms with van der Waals surface area (Å²) in [5, 5.41) is 0. The van der Waals surface area contributed by atoms with Crippen LogP contribution in [0.5, 0.6) is 11.6 Å². The van der Waals surface area contributed by atoms with E-state index < -0.39 is 0 Å². The zero-order chi connectivity index (χ0) is 20.9. The number of aryl methyl sites for hydroxylation is 1. The summed E-state index contributed by atoms with van der Waals surface area (Å²) < 4.78 is 11.4. The van der Waals surface area contributed by atoms with Crippen LogP contribution in [0.2, 0.25) is 0 Å². The topological polar surface area (TPSA) is 54.9 Å². The largest absolute Gasteiger partial charge is 0.490 e. The van der Waals surface area contributed by atoms with Gasteiger partial charge in [0, 0.05) is 31.9 Å². The Balaban J connectivity index is 1.17. The van der Waals surface area contributed by atoms with E-state index in [1.54, 1.807) is 18.0 Å². The number of aromatic nitrogens is 1. The molecule has 1 aliphatic heterocycles. The Morgan fingerprint density at radius 1 is 1.13 bits per heavy atom. The van der Waals surface area contributed by atoms with E-state index in [0.717, 1.165) is 30.8 Å². The third-order valence-corrected chi connectivity index (χ3v) is 5.92. The second-order valence-corrected chi connectivity index (χ2v) is 8.57. The molecular formula is C24H31N3O3. The van der Waals surface area contributed by atoms with E-state index >= 15 is 0 Å². The van der Waals surface area contributed by atoms with Gasteiger partial charge < -0.3 is 14.4 Å². The van der Waals surface area contributed by atoms with Gasteiger partial charge in [-0.05, 0) is 75.4 Å². The molecule has 160 valence electrons. The van der Waals surface area contributed by atoms with Gasteiger partial charge >= 0.3 is 6.09 Å². The number of amides is 1. The molecule has 6 heteroatoms. The van der Waals surface area contributed by atoms with Crippen LogP contribution in [-0.4, -0.2) is 53.7 Å². The van der Waals surface area contributed by atoms with Gasteiger partial charge in [0.25, 0.3) is 0 Å². The fourth-order valence-electron chi connectivity index (χ4n) is 4.19. The summed E-state index contributed by atoms with van der Waals surface area (Å²) in [6, 6.07) is 13.9. The number of benzene rings is 1. The highest BCUT2D eigenvalue weighted by Gasteiger charge is 2.33. The van der Waals surface area contributed by atoms with Crippen LogP contribution in [0.1, 0.15) is 36.9 Å². The molecule has 1 aromatic carbocycles. The minimum atomic E-state index is -0.369. The summed E-state index contributed by atoms with van der Waals surface area (Å²) >= 11 is 0. The number of ether oxygens (including phenoxy) is 2. The summed E-state index contributed by atoms with van der Waals surface area (Å²) in [5.74, 6) is 1.71. The Morgan fingerprint density at radius 3 is 2.57 bits per heavy atom. The average molecular weight is 410 g/mol. The van der Waals surface area contributed by atoms with Gasteiger partial charge in [0.2, 0.25) is 5.88 Å². The van der Waals surface area contributed by atoms with Gasteiger partial charge in [-0.3, -0.25) is 4.90 Å². The molecule has 2 heterocycles. The lowest BCUT2D eigenvalue weighted by Crippen LogP contribution is -2.42. The van der Waals surface area contributed by atoms with Crippen LogP contribution in [0.25, 0.3) is 0 Å². The number of carbonyl (C=O) groups is 1.